The fourth-order valence-electron chi connectivity index (χ4n) is 2.03. The van der Waals surface area contributed by atoms with Crippen molar-refractivity contribution in [3.63, 3.8) is 0 Å². The zero-order valence-electron chi connectivity index (χ0n) is 12.6. The third-order valence-electron chi connectivity index (χ3n) is 3.22. The van der Waals surface area contributed by atoms with E-state index in [9.17, 15) is 10.1 Å². The number of aliphatic imine (C=N–C) groups is 1. The van der Waals surface area contributed by atoms with E-state index in [1.54, 1.807) is 24.5 Å². The molecule has 0 fully saturated rings. The molecule has 0 radical (unpaired) electrons. The van der Waals surface area contributed by atoms with Crippen molar-refractivity contribution in [1.82, 2.24) is 4.98 Å². The predicted octanol–water partition coefficient (Wildman–Crippen LogP) is 5.13. The zero-order chi connectivity index (χ0) is 16.8. The van der Waals surface area contributed by atoms with E-state index in [0.29, 0.717) is 5.13 Å². The molecule has 24 heavy (non-hydrogen) atoms. The number of benzene rings is 2. The highest BCUT2D eigenvalue weighted by Gasteiger charge is 2.07. The van der Waals surface area contributed by atoms with Crippen molar-refractivity contribution in [3.8, 4) is 10.4 Å². The standard InChI is InChI=1S/C18H13N3O2S/c22-21(23)16-10-8-15(9-11-16)17-13-20-18(24-17)19-12-4-7-14-5-2-1-3-6-14/h1-13H/b7-4+,19-12+. The Morgan fingerprint density at radius 3 is 2.54 bits per heavy atom. The molecule has 0 aliphatic rings. The van der Waals surface area contributed by atoms with E-state index >= 15 is 0 Å². The Hall–Kier alpha value is -3.12. The van der Waals surface area contributed by atoms with Crippen LogP contribution in [0.4, 0.5) is 10.8 Å². The maximum Gasteiger partial charge on any atom is 0.269 e. The Kier molecular flexibility index (Phi) is 4.88. The minimum Gasteiger partial charge on any atom is -0.258 e. The first-order valence-electron chi connectivity index (χ1n) is 7.19. The SMILES string of the molecule is O=[N+]([O-])c1ccc(-c2cnc(/N=C/C=C/c3ccccc3)s2)cc1. The van der Waals surface area contributed by atoms with Crippen molar-refractivity contribution in [2.75, 3.05) is 0 Å². The maximum atomic E-state index is 10.7. The lowest BCUT2D eigenvalue weighted by atomic mass is 10.2. The molecule has 0 amide bonds. The molecule has 0 aliphatic carbocycles. The molecule has 0 saturated carbocycles. The van der Waals surface area contributed by atoms with Gasteiger partial charge in [0.15, 0.2) is 0 Å². The largest absolute Gasteiger partial charge is 0.269 e. The van der Waals surface area contributed by atoms with E-state index in [-0.39, 0.29) is 5.69 Å². The first-order valence-corrected chi connectivity index (χ1v) is 8.00. The molecule has 118 valence electrons. The summed E-state index contributed by atoms with van der Waals surface area (Å²) in [7, 11) is 0. The highest BCUT2D eigenvalue weighted by atomic mass is 32.1. The fourth-order valence-corrected chi connectivity index (χ4v) is 2.81. The summed E-state index contributed by atoms with van der Waals surface area (Å²) in [6.07, 6.45) is 7.25. The van der Waals surface area contributed by atoms with Crippen LogP contribution in [0, 0.1) is 10.1 Å². The van der Waals surface area contributed by atoms with E-state index in [0.717, 1.165) is 16.0 Å². The average Bonchev–Trinajstić information content (AvgIpc) is 3.09. The Morgan fingerprint density at radius 2 is 1.83 bits per heavy atom. The molecule has 3 aromatic rings. The van der Waals surface area contributed by atoms with Crippen LogP contribution >= 0.6 is 11.3 Å². The van der Waals surface area contributed by atoms with Gasteiger partial charge in [0.05, 0.1) is 9.80 Å². The number of allylic oxidation sites excluding steroid dienone is 1. The third-order valence-corrected chi connectivity index (χ3v) is 4.17. The third kappa shape index (κ3) is 3.99. The quantitative estimate of drug-likeness (QED) is 0.368. The van der Waals surface area contributed by atoms with E-state index in [4.69, 9.17) is 0 Å². The van der Waals surface area contributed by atoms with Gasteiger partial charge in [-0.1, -0.05) is 47.7 Å². The number of aromatic nitrogens is 1. The molecule has 5 nitrogen and oxygen atoms in total. The van der Waals surface area contributed by atoms with Crippen LogP contribution in [-0.2, 0) is 0 Å². The number of hydrogen-bond acceptors (Lipinski definition) is 5. The normalized spacial score (nSPS) is 11.3. The van der Waals surface area contributed by atoms with Crippen molar-refractivity contribution in [2.45, 2.75) is 0 Å². The number of nitro groups is 1. The fraction of sp³-hybridized carbons (Fsp3) is 0. The zero-order valence-corrected chi connectivity index (χ0v) is 13.4. The van der Waals surface area contributed by atoms with Gasteiger partial charge in [0.1, 0.15) is 0 Å². The van der Waals surface area contributed by atoms with Gasteiger partial charge in [0.25, 0.3) is 5.69 Å². The summed E-state index contributed by atoms with van der Waals surface area (Å²) in [5.74, 6) is 0. The summed E-state index contributed by atoms with van der Waals surface area (Å²) in [5.41, 5.74) is 2.07. The second-order valence-electron chi connectivity index (χ2n) is 4.86. The van der Waals surface area contributed by atoms with Crippen molar-refractivity contribution >= 4 is 34.4 Å². The summed E-state index contributed by atoms with van der Waals surface area (Å²) < 4.78 is 0. The number of rotatable bonds is 5. The van der Waals surface area contributed by atoms with Crippen LogP contribution in [-0.4, -0.2) is 16.1 Å². The van der Waals surface area contributed by atoms with Crippen molar-refractivity contribution < 1.29 is 4.92 Å². The van der Waals surface area contributed by atoms with Gasteiger partial charge < -0.3 is 0 Å². The van der Waals surface area contributed by atoms with E-state index in [2.05, 4.69) is 9.98 Å². The molecule has 0 atom stereocenters. The Balaban J connectivity index is 1.68. The van der Waals surface area contributed by atoms with Crippen LogP contribution < -0.4 is 0 Å². The summed E-state index contributed by atoms with van der Waals surface area (Å²) >= 11 is 1.43. The topological polar surface area (TPSA) is 68.4 Å². The Morgan fingerprint density at radius 1 is 1.08 bits per heavy atom. The van der Waals surface area contributed by atoms with E-state index in [1.165, 1.54) is 23.5 Å². The summed E-state index contributed by atoms with van der Waals surface area (Å²) in [6.45, 7) is 0. The summed E-state index contributed by atoms with van der Waals surface area (Å²) in [4.78, 5) is 19.7. The molecule has 1 aromatic heterocycles. The second kappa shape index (κ2) is 7.43. The lowest BCUT2D eigenvalue weighted by molar-refractivity contribution is -0.384. The smallest absolute Gasteiger partial charge is 0.258 e. The summed E-state index contributed by atoms with van der Waals surface area (Å²) in [5, 5.41) is 11.3. The first kappa shape index (κ1) is 15.8. The van der Waals surface area contributed by atoms with Crippen molar-refractivity contribution in [3.05, 3.63) is 82.5 Å². The highest BCUT2D eigenvalue weighted by molar-refractivity contribution is 7.18. The Labute approximate surface area is 142 Å². The molecule has 0 saturated heterocycles. The van der Waals surface area contributed by atoms with Crippen LogP contribution in [0.3, 0.4) is 0 Å². The minimum atomic E-state index is -0.411. The molecule has 6 heteroatoms. The average molecular weight is 335 g/mol. The van der Waals surface area contributed by atoms with Gasteiger partial charge in [-0.25, -0.2) is 9.98 Å². The molecule has 1 heterocycles. The number of hydrogen-bond donors (Lipinski definition) is 0. The van der Waals surface area contributed by atoms with Gasteiger partial charge in [-0.05, 0) is 29.3 Å². The lowest BCUT2D eigenvalue weighted by Gasteiger charge is -1.95. The molecule has 0 unspecified atom stereocenters. The molecular formula is C18H13N3O2S. The highest BCUT2D eigenvalue weighted by Crippen LogP contribution is 2.31. The molecule has 0 aliphatic heterocycles. The van der Waals surface area contributed by atoms with Gasteiger partial charge >= 0.3 is 0 Å². The molecule has 0 bridgehead atoms. The molecule has 2 aromatic carbocycles. The van der Waals surface area contributed by atoms with E-state index < -0.39 is 4.92 Å². The number of thiazole rings is 1. The van der Waals surface area contributed by atoms with Crippen molar-refractivity contribution in [1.29, 1.82) is 0 Å². The number of non-ortho nitro benzene ring substituents is 1. The summed E-state index contributed by atoms with van der Waals surface area (Å²) in [6, 6.07) is 16.4. The Bertz CT molecular complexity index is 884. The number of nitrogens with zero attached hydrogens (tertiary/aromatic N) is 3. The van der Waals surface area contributed by atoms with Gasteiger partial charge in [0, 0.05) is 24.5 Å². The monoisotopic (exact) mass is 335 g/mol. The van der Waals surface area contributed by atoms with Gasteiger partial charge in [-0.3, -0.25) is 10.1 Å². The van der Waals surface area contributed by atoms with Crippen LogP contribution in [0.15, 0.2) is 71.9 Å². The van der Waals surface area contributed by atoms with Crippen molar-refractivity contribution in [2.24, 2.45) is 4.99 Å². The molecular weight excluding hydrogens is 322 g/mol. The van der Waals surface area contributed by atoms with Gasteiger partial charge in [0.2, 0.25) is 5.13 Å². The first-order chi connectivity index (χ1) is 11.7. The van der Waals surface area contributed by atoms with E-state index in [1.807, 2.05) is 42.5 Å². The van der Waals surface area contributed by atoms with Gasteiger partial charge in [-0.2, -0.15) is 0 Å². The van der Waals surface area contributed by atoms with Crippen LogP contribution in [0.1, 0.15) is 5.56 Å². The van der Waals surface area contributed by atoms with Crippen LogP contribution in [0.5, 0.6) is 0 Å². The minimum absolute atomic E-state index is 0.0764. The number of nitro benzene ring substituents is 1. The lowest BCUT2D eigenvalue weighted by Crippen LogP contribution is -1.86. The second-order valence-corrected chi connectivity index (χ2v) is 5.87. The van der Waals surface area contributed by atoms with Crippen LogP contribution in [0.25, 0.3) is 16.5 Å². The molecule has 3 rings (SSSR count). The molecule has 0 N–H and O–H groups in total. The molecule has 0 spiro atoms. The predicted molar refractivity (Wildman–Crippen MR) is 97.8 cm³/mol. The maximum absolute atomic E-state index is 10.7. The van der Waals surface area contributed by atoms with Crippen LogP contribution in [0.2, 0.25) is 0 Å². The van der Waals surface area contributed by atoms with Gasteiger partial charge in [-0.15, -0.1) is 0 Å².